The third-order valence-electron chi connectivity index (χ3n) is 5.21. The second-order valence-corrected chi connectivity index (χ2v) is 8.12. The molecule has 3 aromatic rings. The Hall–Kier alpha value is -2.64. The van der Waals surface area contributed by atoms with Crippen LogP contribution in [-0.4, -0.2) is 45.6 Å². The topological polar surface area (TPSA) is 73.9 Å². The Kier molecular flexibility index (Phi) is 6.59. The molecule has 7 heteroatoms. The standard InChI is InChI=1S/C22H25N5OS/c28-21(19-10-8-17(9-11-19)15-29-22-24-16-25-26-22)23-14-20(27-12-4-5-13-27)18-6-2-1-3-7-18/h1-3,6-11,16,20H,4-5,12-15H2,(H,23,28)(H,24,25,26)/t20-/m1/s1. The van der Waals surface area contributed by atoms with E-state index >= 15 is 0 Å². The van der Waals surface area contributed by atoms with Crippen molar-refractivity contribution in [1.29, 1.82) is 0 Å². The van der Waals surface area contributed by atoms with Crippen LogP contribution in [0.2, 0.25) is 0 Å². The highest BCUT2D eigenvalue weighted by Gasteiger charge is 2.23. The van der Waals surface area contributed by atoms with Crippen LogP contribution >= 0.6 is 11.8 Å². The van der Waals surface area contributed by atoms with Crippen molar-refractivity contribution in [1.82, 2.24) is 25.4 Å². The van der Waals surface area contributed by atoms with Gasteiger partial charge in [0.05, 0.1) is 6.04 Å². The van der Waals surface area contributed by atoms with Crippen LogP contribution in [-0.2, 0) is 5.75 Å². The Balaban J connectivity index is 1.35. The Bertz CT molecular complexity index is 893. The van der Waals surface area contributed by atoms with Crippen molar-refractivity contribution in [2.75, 3.05) is 19.6 Å². The van der Waals surface area contributed by atoms with Gasteiger partial charge < -0.3 is 5.32 Å². The minimum Gasteiger partial charge on any atom is -0.350 e. The van der Waals surface area contributed by atoms with Crippen molar-refractivity contribution < 1.29 is 4.79 Å². The molecule has 0 radical (unpaired) electrons. The molecule has 2 heterocycles. The molecule has 4 rings (SSSR count). The van der Waals surface area contributed by atoms with Crippen LogP contribution in [0.4, 0.5) is 0 Å². The van der Waals surface area contributed by atoms with E-state index in [1.54, 1.807) is 11.8 Å². The molecule has 1 fully saturated rings. The van der Waals surface area contributed by atoms with Gasteiger partial charge in [-0.1, -0.05) is 54.2 Å². The molecule has 150 valence electrons. The lowest BCUT2D eigenvalue weighted by Gasteiger charge is -2.28. The first kappa shape index (κ1) is 19.7. The molecule has 2 N–H and O–H groups in total. The van der Waals surface area contributed by atoms with Gasteiger partial charge in [0.15, 0.2) is 5.16 Å². The first-order chi connectivity index (χ1) is 14.3. The number of thioether (sulfide) groups is 1. The predicted molar refractivity (Wildman–Crippen MR) is 115 cm³/mol. The SMILES string of the molecule is O=C(NC[C@H](c1ccccc1)N1CCCC1)c1ccc(CSc2ncn[nH]2)cc1. The normalized spacial score (nSPS) is 15.3. The molecule has 0 aliphatic carbocycles. The maximum atomic E-state index is 12.7. The van der Waals surface area contributed by atoms with Gasteiger partial charge in [-0.2, -0.15) is 5.10 Å². The van der Waals surface area contributed by atoms with Crippen LogP contribution in [0.15, 0.2) is 66.1 Å². The fourth-order valence-electron chi connectivity index (χ4n) is 3.65. The summed E-state index contributed by atoms with van der Waals surface area (Å²) in [6.45, 7) is 2.80. The fraction of sp³-hybridized carbons (Fsp3) is 0.318. The minimum atomic E-state index is -0.0282. The summed E-state index contributed by atoms with van der Waals surface area (Å²) in [4.78, 5) is 19.3. The number of nitrogens with zero attached hydrogens (tertiary/aromatic N) is 3. The number of H-pyrrole nitrogens is 1. The lowest BCUT2D eigenvalue weighted by Crippen LogP contribution is -2.36. The number of carbonyl (C=O) groups is 1. The molecule has 0 bridgehead atoms. The molecule has 1 aliphatic rings. The van der Waals surface area contributed by atoms with Crippen molar-refractivity contribution in [3.8, 4) is 0 Å². The molecule has 0 spiro atoms. The van der Waals surface area contributed by atoms with E-state index in [0.29, 0.717) is 12.1 Å². The zero-order valence-corrected chi connectivity index (χ0v) is 17.1. The first-order valence-electron chi connectivity index (χ1n) is 9.94. The highest BCUT2D eigenvalue weighted by atomic mass is 32.2. The Morgan fingerprint density at radius 3 is 2.55 bits per heavy atom. The maximum Gasteiger partial charge on any atom is 0.251 e. The Morgan fingerprint density at radius 1 is 1.10 bits per heavy atom. The summed E-state index contributed by atoms with van der Waals surface area (Å²) in [6.07, 6.45) is 3.95. The number of aromatic amines is 1. The van der Waals surface area contributed by atoms with Crippen LogP contribution in [0.3, 0.4) is 0 Å². The van der Waals surface area contributed by atoms with Crippen molar-refractivity contribution in [2.24, 2.45) is 0 Å². The smallest absolute Gasteiger partial charge is 0.251 e. The quantitative estimate of drug-likeness (QED) is 0.558. The first-order valence-corrected chi connectivity index (χ1v) is 10.9. The van der Waals surface area contributed by atoms with Crippen LogP contribution in [0.1, 0.15) is 40.4 Å². The number of likely N-dealkylation sites (tertiary alicyclic amines) is 1. The summed E-state index contributed by atoms with van der Waals surface area (Å²) < 4.78 is 0. The van der Waals surface area contributed by atoms with E-state index in [9.17, 15) is 4.79 Å². The summed E-state index contributed by atoms with van der Waals surface area (Å²) in [5.74, 6) is 0.752. The number of amides is 1. The van der Waals surface area contributed by atoms with Gasteiger partial charge >= 0.3 is 0 Å². The summed E-state index contributed by atoms with van der Waals surface area (Å²) >= 11 is 1.59. The molecule has 29 heavy (non-hydrogen) atoms. The molecule has 1 amide bonds. The second-order valence-electron chi connectivity index (χ2n) is 7.16. The van der Waals surface area contributed by atoms with Crippen molar-refractivity contribution in [3.05, 3.63) is 77.6 Å². The number of benzene rings is 2. The highest BCUT2D eigenvalue weighted by Crippen LogP contribution is 2.24. The zero-order valence-electron chi connectivity index (χ0n) is 16.3. The minimum absolute atomic E-state index is 0.0282. The molecule has 6 nitrogen and oxygen atoms in total. The fourth-order valence-corrected chi connectivity index (χ4v) is 4.38. The van der Waals surface area contributed by atoms with Crippen molar-refractivity contribution in [3.63, 3.8) is 0 Å². The van der Waals surface area contributed by atoms with Gasteiger partial charge in [-0.15, -0.1) is 0 Å². The van der Waals surface area contributed by atoms with E-state index in [1.807, 2.05) is 30.3 Å². The van der Waals surface area contributed by atoms with Gasteiger partial charge in [0, 0.05) is 17.9 Å². The second kappa shape index (κ2) is 9.71. The van der Waals surface area contributed by atoms with E-state index in [4.69, 9.17) is 0 Å². The Morgan fingerprint density at radius 2 is 1.86 bits per heavy atom. The number of nitrogens with one attached hydrogen (secondary N) is 2. The van der Waals surface area contributed by atoms with Crippen LogP contribution in [0, 0.1) is 0 Å². The number of hydrogen-bond acceptors (Lipinski definition) is 5. The highest BCUT2D eigenvalue weighted by molar-refractivity contribution is 7.98. The van der Waals surface area contributed by atoms with E-state index in [2.05, 4.69) is 49.7 Å². The van der Waals surface area contributed by atoms with Gasteiger partial charge in [0.25, 0.3) is 5.91 Å². The van der Waals surface area contributed by atoms with Gasteiger partial charge in [-0.3, -0.25) is 14.8 Å². The molecule has 1 aromatic heterocycles. The average molecular weight is 408 g/mol. The number of aromatic nitrogens is 3. The van der Waals surface area contributed by atoms with Crippen molar-refractivity contribution in [2.45, 2.75) is 29.8 Å². The van der Waals surface area contributed by atoms with E-state index < -0.39 is 0 Å². The number of carbonyl (C=O) groups excluding carboxylic acids is 1. The van der Waals surface area contributed by atoms with Crippen LogP contribution < -0.4 is 5.32 Å². The Labute approximate surface area is 175 Å². The molecular formula is C22H25N5OS. The molecule has 2 aromatic carbocycles. The number of rotatable bonds is 8. The molecule has 0 unspecified atom stereocenters. The van der Waals surface area contributed by atoms with Crippen LogP contribution in [0.25, 0.3) is 0 Å². The summed E-state index contributed by atoms with van der Waals surface area (Å²) in [5.41, 5.74) is 3.09. The molecule has 0 saturated carbocycles. The average Bonchev–Trinajstić information content (AvgIpc) is 3.48. The van der Waals surface area contributed by atoms with E-state index in [-0.39, 0.29) is 11.9 Å². The van der Waals surface area contributed by atoms with Gasteiger partial charge in [0.1, 0.15) is 6.33 Å². The van der Waals surface area contributed by atoms with Crippen molar-refractivity contribution >= 4 is 17.7 Å². The third-order valence-corrected chi connectivity index (χ3v) is 6.15. The van der Waals surface area contributed by atoms with Gasteiger partial charge in [0.2, 0.25) is 0 Å². The summed E-state index contributed by atoms with van der Waals surface area (Å²) in [7, 11) is 0. The lowest BCUT2D eigenvalue weighted by atomic mass is 10.1. The third kappa shape index (κ3) is 5.25. The number of hydrogen-bond donors (Lipinski definition) is 2. The lowest BCUT2D eigenvalue weighted by molar-refractivity contribution is 0.0938. The van der Waals surface area contributed by atoms with Gasteiger partial charge in [-0.25, -0.2) is 4.98 Å². The summed E-state index contributed by atoms with van der Waals surface area (Å²) in [5, 5.41) is 10.6. The van der Waals surface area contributed by atoms with E-state index in [1.165, 1.54) is 24.7 Å². The van der Waals surface area contributed by atoms with Gasteiger partial charge in [-0.05, 0) is 49.2 Å². The predicted octanol–water partition coefficient (Wildman–Crippen LogP) is 3.66. The monoisotopic (exact) mass is 407 g/mol. The molecule has 1 atom stereocenters. The van der Waals surface area contributed by atoms with E-state index in [0.717, 1.165) is 29.6 Å². The largest absolute Gasteiger partial charge is 0.350 e. The maximum absolute atomic E-state index is 12.7. The molecular weight excluding hydrogens is 382 g/mol. The summed E-state index contributed by atoms with van der Waals surface area (Å²) in [6, 6.07) is 18.4. The van der Waals surface area contributed by atoms with Crippen LogP contribution in [0.5, 0.6) is 0 Å². The zero-order chi connectivity index (χ0) is 19.9. The molecule has 1 saturated heterocycles. The molecule has 1 aliphatic heterocycles.